The van der Waals surface area contributed by atoms with Gasteiger partial charge in [-0.1, -0.05) is 0 Å². The second-order valence-electron chi connectivity index (χ2n) is 5.48. The highest BCUT2D eigenvalue weighted by Gasteiger charge is 2.20. The summed E-state index contributed by atoms with van der Waals surface area (Å²) in [5.74, 6) is -2.13. The molecule has 0 aromatic heterocycles. The molecule has 2 rings (SSSR count). The first-order valence-corrected chi connectivity index (χ1v) is 10.1. The van der Waals surface area contributed by atoms with Gasteiger partial charge in [0, 0.05) is 17.8 Å². The molecule has 0 aliphatic carbocycles. The largest absolute Gasteiger partial charge is 0.280 e. The van der Waals surface area contributed by atoms with Gasteiger partial charge in [0.05, 0.1) is 4.90 Å². The summed E-state index contributed by atoms with van der Waals surface area (Å²) in [7, 11) is -8.00. The van der Waals surface area contributed by atoms with Crippen molar-refractivity contribution in [2.24, 2.45) is 0 Å². The van der Waals surface area contributed by atoms with E-state index in [2.05, 4.69) is 9.44 Å². The average Bonchev–Trinajstić information content (AvgIpc) is 2.45. The summed E-state index contributed by atoms with van der Waals surface area (Å²) >= 11 is 0. The lowest BCUT2D eigenvalue weighted by Gasteiger charge is -2.11. The zero-order valence-corrected chi connectivity index (χ0v) is 15.0. The molecule has 0 saturated heterocycles. The van der Waals surface area contributed by atoms with Crippen molar-refractivity contribution in [3.63, 3.8) is 0 Å². The summed E-state index contributed by atoms with van der Waals surface area (Å²) in [6, 6.07) is 6.67. The van der Waals surface area contributed by atoms with Crippen molar-refractivity contribution < 1.29 is 25.6 Å². The molecule has 0 radical (unpaired) electrons. The Morgan fingerprint density at radius 3 is 2.00 bits per heavy atom. The van der Waals surface area contributed by atoms with Crippen LogP contribution in [-0.4, -0.2) is 22.9 Å². The monoisotopic (exact) mass is 390 g/mol. The van der Waals surface area contributed by atoms with Crippen LogP contribution in [-0.2, 0) is 20.0 Å². The molecule has 2 N–H and O–H groups in total. The maximum absolute atomic E-state index is 13.6. The van der Waals surface area contributed by atoms with Crippen LogP contribution < -0.4 is 9.44 Å². The molecule has 2 aromatic rings. The number of hydrogen-bond acceptors (Lipinski definition) is 4. The molecule has 0 aliphatic heterocycles. The molecule has 25 heavy (non-hydrogen) atoms. The zero-order chi connectivity index (χ0) is 18.8. The Bertz CT molecular complexity index is 973. The first-order valence-electron chi connectivity index (χ1n) is 7.11. The molecule has 0 unspecified atom stereocenters. The molecule has 0 spiro atoms. The maximum atomic E-state index is 13.6. The zero-order valence-electron chi connectivity index (χ0n) is 13.3. The highest BCUT2D eigenvalue weighted by molar-refractivity contribution is 7.92. The van der Waals surface area contributed by atoms with E-state index in [1.165, 1.54) is 24.3 Å². The predicted molar refractivity (Wildman–Crippen MR) is 89.1 cm³/mol. The van der Waals surface area contributed by atoms with Crippen LogP contribution in [0.3, 0.4) is 0 Å². The number of hydrogen-bond donors (Lipinski definition) is 2. The van der Waals surface area contributed by atoms with Gasteiger partial charge in [0.15, 0.2) is 0 Å². The topological polar surface area (TPSA) is 92.3 Å². The molecule has 0 fully saturated rings. The molecular formula is C15H16F2N2O4S2. The van der Waals surface area contributed by atoms with Gasteiger partial charge >= 0.3 is 0 Å². The third kappa shape index (κ3) is 4.74. The van der Waals surface area contributed by atoms with Crippen LogP contribution in [0.25, 0.3) is 0 Å². The lowest BCUT2D eigenvalue weighted by atomic mass is 10.3. The molecule has 0 amide bonds. The van der Waals surface area contributed by atoms with Gasteiger partial charge in [-0.3, -0.25) is 4.72 Å². The molecule has 136 valence electrons. The van der Waals surface area contributed by atoms with Crippen LogP contribution in [0, 0.1) is 11.6 Å². The molecule has 0 bridgehead atoms. The number of halogens is 2. The van der Waals surface area contributed by atoms with E-state index < -0.39 is 36.6 Å². The molecule has 0 atom stereocenters. The van der Waals surface area contributed by atoms with Crippen molar-refractivity contribution in [3.8, 4) is 0 Å². The van der Waals surface area contributed by atoms with Gasteiger partial charge in [-0.25, -0.2) is 30.3 Å². The van der Waals surface area contributed by atoms with Crippen LogP contribution in [0.5, 0.6) is 0 Å². The van der Waals surface area contributed by atoms with Gasteiger partial charge in [-0.2, -0.15) is 0 Å². The van der Waals surface area contributed by atoms with Crippen molar-refractivity contribution in [2.45, 2.75) is 29.7 Å². The fraction of sp³-hybridized carbons (Fsp3) is 0.200. The lowest BCUT2D eigenvalue weighted by Crippen LogP contribution is -2.30. The lowest BCUT2D eigenvalue weighted by molar-refractivity contribution is 0.551. The third-order valence-electron chi connectivity index (χ3n) is 2.99. The van der Waals surface area contributed by atoms with E-state index in [-0.39, 0.29) is 16.6 Å². The van der Waals surface area contributed by atoms with Crippen LogP contribution in [0.4, 0.5) is 14.5 Å². The van der Waals surface area contributed by atoms with Crippen molar-refractivity contribution in [3.05, 3.63) is 54.1 Å². The van der Waals surface area contributed by atoms with Crippen LogP contribution >= 0.6 is 0 Å². The fourth-order valence-electron chi connectivity index (χ4n) is 1.98. The molecule has 0 aliphatic rings. The van der Waals surface area contributed by atoms with Crippen LogP contribution in [0.15, 0.2) is 52.3 Å². The molecule has 10 heteroatoms. The van der Waals surface area contributed by atoms with Crippen molar-refractivity contribution in [2.75, 3.05) is 4.72 Å². The Labute approximate surface area is 145 Å². The molecular weight excluding hydrogens is 374 g/mol. The first-order chi connectivity index (χ1) is 11.5. The van der Waals surface area contributed by atoms with Gasteiger partial charge in [-0.05, 0) is 50.2 Å². The first kappa shape index (κ1) is 19.3. The molecule has 0 saturated carbocycles. The number of sulfonamides is 2. The van der Waals surface area contributed by atoms with Crippen LogP contribution in [0.1, 0.15) is 13.8 Å². The predicted octanol–water partition coefficient (Wildman–Crippen LogP) is 2.45. The number of rotatable bonds is 6. The SMILES string of the molecule is CC(C)NS(=O)(=O)c1ccc(NS(=O)(=O)c2ccc(F)cc2F)cc1. The quantitative estimate of drug-likeness (QED) is 0.792. The maximum Gasteiger partial charge on any atom is 0.264 e. The van der Waals surface area contributed by atoms with E-state index in [1.54, 1.807) is 13.8 Å². The van der Waals surface area contributed by atoms with E-state index in [0.717, 1.165) is 12.1 Å². The Morgan fingerprint density at radius 1 is 0.880 bits per heavy atom. The Hall–Kier alpha value is -2.04. The van der Waals surface area contributed by atoms with E-state index in [4.69, 9.17) is 0 Å². The molecule has 2 aromatic carbocycles. The van der Waals surface area contributed by atoms with Gasteiger partial charge in [-0.15, -0.1) is 0 Å². The smallest absolute Gasteiger partial charge is 0.264 e. The summed E-state index contributed by atoms with van der Waals surface area (Å²) < 4.78 is 79.4. The normalized spacial score (nSPS) is 12.4. The summed E-state index contributed by atoms with van der Waals surface area (Å²) in [5.41, 5.74) is 0.0345. The minimum Gasteiger partial charge on any atom is -0.280 e. The van der Waals surface area contributed by atoms with Crippen molar-refractivity contribution in [1.29, 1.82) is 0 Å². The number of anilines is 1. The second kappa shape index (κ2) is 7.06. The minimum atomic E-state index is -4.28. The Kier molecular flexibility index (Phi) is 5.45. The summed E-state index contributed by atoms with van der Waals surface area (Å²) in [5, 5.41) is 0. The Balaban J connectivity index is 2.26. The van der Waals surface area contributed by atoms with E-state index in [0.29, 0.717) is 6.07 Å². The van der Waals surface area contributed by atoms with Gasteiger partial charge in [0.25, 0.3) is 10.0 Å². The number of nitrogens with one attached hydrogen (secondary N) is 2. The van der Waals surface area contributed by atoms with E-state index in [9.17, 15) is 25.6 Å². The van der Waals surface area contributed by atoms with E-state index in [1.807, 2.05) is 0 Å². The van der Waals surface area contributed by atoms with Gasteiger partial charge in [0.2, 0.25) is 10.0 Å². The minimum absolute atomic E-state index is 0.0345. The van der Waals surface area contributed by atoms with Gasteiger partial charge < -0.3 is 0 Å². The van der Waals surface area contributed by atoms with E-state index >= 15 is 0 Å². The average molecular weight is 390 g/mol. The molecule has 0 heterocycles. The second-order valence-corrected chi connectivity index (χ2v) is 8.85. The highest BCUT2D eigenvalue weighted by atomic mass is 32.2. The Morgan fingerprint density at radius 2 is 1.48 bits per heavy atom. The third-order valence-corrected chi connectivity index (χ3v) is 6.08. The van der Waals surface area contributed by atoms with Crippen LogP contribution in [0.2, 0.25) is 0 Å². The van der Waals surface area contributed by atoms with Gasteiger partial charge in [0.1, 0.15) is 16.5 Å². The van der Waals surface area contributed by atoms with Crippen molar-refractivity contribution in [1.82, 2.24) is 4.72 Å². The summed E-state index contributed by atoms with van der Waals surface area (Å²) in [6.45, 7) is 3.33. The highest BCUT2D eigenvalue weighted by Crippen LogP contribution is 2.21. The standard InChI is InChI=1S/C15H16F2N2O4S2/c1-10(2)18-24(20,21)13-6-4-12(5-7-13)19-25(22,23)15-8-3-11(16)9-14(15)17/h3-10,18-19H,1-2H3. The van der Waals surface area contributed by atoms with Crippen molar-refractivity contribution >= 4 is 25.7 Å². The summed E-state index contributed by atoms with van der Waals surface area (Å²) in [4.78, 5) is -0.760. The fourth-order valence-corrected chi connectivity index (χ4v) is 4.35. The summed E-state index contributed by atoms with van der Waals surface area (Å²) in [6.07, 6.45) is 0. The molecule has 6 nitrogen and oxygen atoms in total. The number of benzene rings is 2.